The summed E-state index contributed by atoms with van der Waals surface area (Å²) in [5.41, 5.74) is 0.0500. The summed E-state index contributed by atoms with van der Waals surface area (Å²) in [6.45, 7) is 3.52. The maximum absolute atomic E-state index is 14.1. The van der Waals surface area contributed by atoms with Crippen molar-refractivity contribution in [3.8, 4) is 6.07 Å². The molecule has 2 heterocycles. The van der Waals surface area contributed by atoms with E-state index in [1.54, 1.807) is 11.0 Å². The lowest BCUT2D eigenvalue weighted by molar-refractivity contribution is 0.174. The third-order valence-electron chi connectivity index (χ3n) is 4.53. The van der Waals surface area contributed by atoms with E-state index in [4.69, 9.17) is 5.26 Å². The quantitative estimate of drug-likeness (QED) is 0.839. The van der Waals surface area contributed by atoms with Crippen LogP contribution in [0.15, 0.2) is 12.1 Å². The zero-order valence-electron chi connectivity index (χ0n) is 12.0. The summed E-state index contributed by atoms with van der Waals surface area (Å²) >= 11 is 0. The molecule has 0 spiro atoms. The standard InChI is InChI=1S/C16H19F2N3/c17-14-8-12(10-19)9-15(18)16(14)21-7-4-13(11-21)20-5-2-1-3-6-20/h8-9,13H,1-7,11H2. The highest BCUT2D eigenvalue weighted by atomic mass is 19.1. The smallest absolute Gasteiger partial charge is 0.150 e. The van der Waals surface area contributed by atoms with E-state index in [0.717, 1.165) is 31.6 Å². The Labute approximate surface area is 123 Å². The Balaban J connectivity index is 1.75. The van der Waals surface area contributed by atoms with Crippen LogP contribution in [-0.2, 0) is 0 Å². The van der Waals surface area contributed by atoms with Crippen LogP contribution in [0.4, 0.5) is 14.5 Å². The van der Waals surface area contributed by atoms with Crippen LogP contribution >= 0.6 is 0 Å². The van der Waals surface area contributed by atoms with Crippen molar-refractivity contribution in [2.45, 2.75) is 31.7 Å². The van der Waals surface area contributed by atoms with Crippen LogP contribution in [0.2, 0.25) is 0 Å². The van der Waals surface area contributed by atoms with Crippen molar-refractivity contribution >= 4 is 5.69 Å². The third-order valence-corrected chi connectivity index (χ3v) is 4.53. The molecule has 0 aromatic heterocycles. The van der Waals surface area contributed by atoms with Gasteiger partial charge in [0, 0.05) is 19.1 Å². The van der Waals surface area contributed by atoms with Crippen LogP contribution in [0.1, 0.15) is 31.2 Å². The Kier molecular flexibility index (Phi) is 4.07. The number of nitrogens with zero attached hydrogens (tertiary/aromatic N) is 3. The van der Waals surface area contributed by atoms with E-state index in [1.165, 1.54) is 19.3 Å². The van der Waals surface area contributed by atoms with Crippen LogP contribution < -0.4 is 4.90 Å². The molecular formula is C16H19F2N3. The van der Waals surface area contributed by atoms with Crippen molar-refractivity contribution < 1.29 is 8.78 Å². The molecule has 0 bridgehead atoms. The molecule has 0 amide bonds. The van der Waals surface area contributed by atoms with Crippen molar-refractivity contribution in [2.24, 2.45) is 0 Å². The molecule has 3 nitrogen and oxygen atoms in total. The third kappa shape index (κ3) is 2.86. The Morgan fingerprint density at radius 1 is 1.05 bits per heavy atom. The highest BCUT2D eigenvalue weighted by Gasteiger charge is 2.31. The van der Waals surface area contributed by atoms with Crippen LogP contribution in [0.25, 0.3) is 0 Å². The van der Waals surface area contributed by atoms with Crippen molar-refractivity contribution in [3.05, 3.63) is 29.3 Å². The van der Waals surface area contributed by atoms with Gasteiger partial charge in [-0.25, -0.2) is 8.78 Å². The largest absolute Gasteiger partial charge is 0.365 e. The second kappa shape index (κ2) is 5.98. The van der Waals surface area contributed by atoms with Gasteiger partial charge >= 0.3 is 0 Å². The first-order valence-corrected chi connectivity index (χ1v) is 7.57. The first-order chi connectivity index (χ1) is 10.2. The van der Waals surface area contributed by atoms with Gasteiger partial charge in [-0.1, -0.05) is 6.42 Å². The molecule has 2 aliphatic heterocycles. The van der Waals surface area contributed by atoms with E-state index in [2.05, 4.69) is 4.90 Å². The fourth-order valence-electron chi connectivity index (χ4n) is 3.46. The Bertz CT molecular complexity index is 538. The van der Waals surface area contributed by atoms with E-state index < -0.39 is 11.6 Å². The molecule has 0 radical (unpaired) electrons. The molecule has 5 heteroatoms. The molecule has 2 fully saturated rings. The molecule has 112 valence electrons. The number of nitriles is 1. The fraction of sp³-hybridized carbons (Fsp3) is 0.562. The number of rotatable bonds is 2. The van der Waals surface area contributed by atoms with E-state index in [-0.39, 0.29) is 11.3 Å². The molecule has 1 aromatic rings. The van der Waals surface area contributed by atoms with Crippen LogP contribution in [0.5, 0.6) is 0 Å². The van der Waals surface area contributed by atoms with Gasteiger partial charge in [0.25, 0.3) is 0 Å². The lowest BCUT2D eigenvalue weighted by Gasteiger charge is -2.32. The Morgan fingerprint density at radius 3 is 2.33 bits per heavy atom. The molecule has 1 aromatic carbocycles. The van der Waals surface area contributed by atoms with Gasteiger partial charge in [-0.3, -0.25) is 4.90 Å². The molecule has 3 rings (SSSR count). The van der Waals surface area contributed by atoms with Gasteiger partial charge < -0.3 is 4.90 Å². The summed E-state index contributed by atoms with van der Waals surface area (Å²) < 4.78 is 28.1. The van der Waals surface area contributed by atoms with E-state index >= 15 is 0 Å². The van der Waals surface area contributed by atoms with Crippen molar-refractivity contribution in [1.82, 2.24) is 4.90 Å². The minimum atomic E-state index is -0.633. The van der Waals surface area contributed by atoms with Gasteiger partial charge in [-0.05, 0) is 44.5 Å². The topological polar surface area (TPSA) is 30.3 Å². The molecule has 2 saturated heterocycles. The van der Waals surface area contributed by atoms with Crippen LogP contribution in [-0.4, -0.2) is 37.1 Å². The molecule has 1 unspecified atom stereocenters. The second-order valence-corrected chi connectivity index (χ2v) is 5.89. The monoisotopic (exact) mass is 291 g/mol. The zero-order valence-corrected chi connectivity index (χ0v) is 12.0. The van der Waals surface area contributed by atoms with Crippen molar-refractivity contribution in [3.63, 3.8) is 0 Å². The molecule has 0 saturated carbocycles. The maximum Gasteiger partial charge on any atom is 0.150 e. The summed E-state index contributed by atoms with van der Waals surface area (Å²) in [7, 11) is 0. The van der Waals surface area contributed by atoms with Crippen LogP contribution in [0, 0.1) is 23.0 Å². The molecule has 0 N–H and O–H groups in total. The van der Waals surface area contributed by atoms with E-state index in [0.29, 0.717) is 19.1 Å². The first-order valence-electron chi connectivity index (χ1n) is 7.57. The summed E-state index contributed by atoms with van der Waals surface area (Å²) in [5.74, 6) is -1.27. The lowest BCUT2D eigenvalue weighted by Crippen LogP contribution is -2.41. The number of hydrogen-bond donors (Lipinski definition) is 0. The van der Waals surface area contributed by atoms with Crippen LogP contribution in [0.3, 0.4) is 0 Å². The summed E-state index contributed by atoms with van der Waals surface area (Å²) in [4.78, 5) is 4.23. The predicted molar refractivity (Wildman–Crippen MR) is 77.1 cm³/mol. The van der Waals surface area contributed by atoms with Gasteiger partial charge in [0.15, 0.2) is 11.6 Å². The maximum atomic E-state index is 14.1. The number of anilines is 1. The van der Waals surface area contributed by atoms with E-state index in [1.807, 2.05) is 0 Å². The average molecular weight is 291 g/mol. The number of halogens is 2. The highest BCUT2D eigenvalue weighted by Crippen LogP contribution is 2.30. The number of benzene rings is 1. The number of likely N-dealkylation sites (tertiary alicyclic amines) is 1. The lowest BCUT2D eigenvalue weighted by atomic mass is 10.1. The summed E-state index contributed by atoms with van der Waals surface area (Å²) in [6, 6.07) is 4.40. The molecule has 21 heavy (non-hydrogen) atoms. The van der Waals surface area contributed by atoms with Gasteiger partial charge in [0.1, 0.15) is 5.69 Å². The minimum Gasteiger partial charge on any atom is -0.365 e. The van der Waals surface area contributed by atoms with Gasteiger partial charge in [0.2, 0.25) is 0 Å². The fourth-order valence-corrected chi connectivity index (χ4v) is 3.46. The predicted octanol–water partition coefficient (Wildman–Crippen LogP) is 2.90. The highest BCUT2D eigenvalue weighted by molar-refractivity contribution is 5.53. The van der Waals surface area contributed by atoms with Gasteiger partial charge in [-0.15, -0.1) is 0 Å². The number of hydrogen-bond acceptors (Lipinski definition) is 3. The Morgan fingerprint density at radius 2 is 1.71 bits per heavy atom. The van der Waals surface area contributed by atoms with Crippen molar-refractivity contribution in [1.29, 1.82) is 5.26 Å². The van der Waals surface area contributed by atoms with Gasteiger partial charge in [0.05, 0.1) is 11.6 Å². The van der Waals surface area contributed by atoms with Crippen molar-refractivity contribution in [2.75, 3.05) is 31.1 Å². The molecular weight excluding hydrogens is 272 g/mol. The zero-order chi connectivity index (χ0) is 14.8. The minimum absolute atomic E-state index is 0.0218. The average Bonchev–Trinajstić information content (AvgIpc) is 2.97. The SMILES string of the molecule is N#Cc1cc(F)c(N2CCC(N3CCCCC3)C2)c(F)c1. The second-order valence-electron chi connectivity index (χ2n) is 5.89. The molecule has 0 aliphatic carbocycles. The molecule has 1 atom stereocenters. The Hall–Kier alpha value is -1.67. The van der Waals surface area contributed by atoms with Gasteiger partial charge in [-0.2, -0.15) is 5.26 Å². The summed E-state index contributed by atoms with van der Waals surface area (Å²) in [5, 5.41) is 8.75. The first kappa shape index (κ1) is 14.3. The molecule has 2 aliphatic rings. The normalized spacial score (nSPS) is 23.3. The van der Waals surface area contributed by atoms with E-state index in [9.17, 15) is 8.78 Å². The summed E-state index contributed by atoms with van der Waals surface area (Å²) in [6.07, 6.45) is 4.66. The number of piperidine rings is 1.